The van der Waals surface area contributed by atoms with E-state index in [1.165, 1.54) is 9.75 Å². The monoisotopic (exact) mass is 297 g/mol. The van der Waals surface area contributed by atoms with Crippen LogP contribution >= 0.6 is 22.7 Å². The van der Waals surface area contributed by atoms with Crippen molar-refractivity contribution in [3.8, 4) is 0 Å². The summed E-state index contributed by atoms with van der Waals surface area (Å²) in [5.41, 5.74) is -0.640. The molecule has 0 aliphatic heterocycles. The molecule has 5 heteroatoms. The van der Waals surface area contributed by atoms with Gasteiger partial charge in [0.2, 0.25) is 0 Å². The van der Waals surface area contributed by atoms with Crippen LogP contribution in [0.25, 0.3) is 0 Å². The van der Waals surface area contributed by atoms with Crippen molar-refractivity contribution >= 4 is 22.7 Å². The molecule has 0 aromatic carbocycles. The lowest BCUT2D eigenvalue weighted by Gasteiger charge is -2.34. The van der Waals surface area contributed by atoms with Crippen molar-refractivity contribution in [3.63, 3.8) is 0 Å². The molecule has 0 radical (unpaired) electrons. The number of aliphatic hydroxyl groups excluding tert-OH is 2. The van der Waals surface area contributed by atoms with Crippen LogP contribution in [0, 0.1) is 0 Å². The zero-order valence-corrected chi connectivity index (χ0v) is 12.5. The third-order valence-electron chi connectivity index (χ3n) is 3.39. The van der Waals surface area contributed by atoms with Gasteiger partial charge in [-0.05, 0) is 29.3 Å². The zero-order valence-electron chi connectivity index (χ0n) is 10.9. The molecule has 19 heavy (non-hydrogen) atoms. The first-order valence-corrected chi connectivity index (χ1v) is 8.07. The summed E-state index contributed by atoms with van der Waals surface area (Å²) in [4.78, 5) is 2.39. The number of rotatable bonds is 7. The number of aliphatic hydroxyl groups is 2. The van der Waals surface area contributed by atoms with E-state index in [2.05, 4.69) is 17.4 Å². The van der Waals surface area contributed by atoms with E-state index in [1.807, 2.05) is 29.8 Å². The zero-order chi connectivity index (χ0) is 13.7. The minimum Gasteiger partial charge on any atom is -0.394 e. The highest BCUT2D eigenvalue weighted by atomic mass is 32.1. The quantitative estimate of drug-likeness (QED) is 0.736. The second kappa shape index (κ2) is 6.63. The molecule has 0 unspecified atom stereocenters. The smallest absolute Gasteiger partial charge is 0.0770 e. The van der Waals surface area contributed by atoms with Crippen molar-refractivity contribution in [2.24, 2.45) is 0 Å². The molecule has 104 valence electrons. The molecule has 2 heterocycles. The molecule has 2 aromatic rings. The first-order valence-electron chi connectivity index (χ1n) is 6.31. The number of hydrogen-bond donors (Lipinski definition) is 3. The van der Waals surface area contributed by atoms with Gasteiger partial charge in [0.25, 0.3) is 0 Å². The molecule has 0 amide bonds. The normalized spacial score (nSPS) is 12.2. The van der Waals surface area contributed by atoms with Gasteiger partial charge in [-0.1, -0.05) is 19.1 Å². The summed E-state index contributed by atoms with van der Waals surface area (Å²) in [6, 6.07) is 8.23. The highest BCUT2D eigenvalue weighted by Gasteiger charge is 2.31. The summed E-state index contributed by atoms with van der Waals surface area (Å²) in [6.45, 7) is 1.82. The lowest BCUT2D eigenvalue weighted by molar-refractivity contribution is 0.0819. The molecule has 0 bridgehead atoms. The maximum Gasteiger partial charge on any atom is 0.0770 e. The fourth-order valence-electron chi connectivity index (χ4n) is 1.97. The lowest BCUT2D eigenvalue weighted by atomic mass is 9.96. The predicted molar refractivity (Wildman–Crippen MR) is 80.8 cm³/mol. The molecule has 2 rings (SSSR count). The van der Waals surface area contributed by atoms with Crippen LogP contribution in [0.2, 0.25) is 0 Å². The molecule has 0 spiro atoms. The third kappa shape index (κ3) is 3.24. The van der Waals surface area contributed by atoms with Crippen LogP contribution in [0.15, 0.2) is 35.0 Å². The van der Waals surface area contributed by atoms with Gasteiger partial charge >= 0.3 is 0 Å². The van der Waals surface area contributed by atoms with Crippen LogP contribution in [0.3, 0.4) is 0 Å². The average molecular weight is 297 g/mol. The highest BCUT2D eigenvalue weighted by molar-refractivity contribution is 7.11. The Labute approximate surface area is 121 Å². The lowest BCUT2D eigenvalue weighted by Crippen LogP contribution is -2.52. The maximum atomic E-state index is 9.60. The van der Waals surface area contributed by atoms with Crippen molar-refractivity contribution in [1.29, 1.82) is 0 Å². The Bertz CT molecular complexity index is 421. The van der Waals surface area contributed by atoms with E-state index >= 15 is 0 Å². The summed E-state index contributed by atoms with van der Waals surface area (Å²) in [5.74, 6) is 0. The minimum absolute atomic E-state index is 0.0271. The van der Waals surface area contributed by atoms with E-state index in [-0.39, 0.29) is 19.3 Å². The highest BCUT2D eigenvalue weighted by Crippen LogP contribution is 2.31. The summed E-state index contributed by atoms with van der Waals surface area (Å²) in [6.07, 6.45) is 0.674. The minimum atomic E-state index is -0.640. The maximum absolute atomic E-state index is 9.60. The fraction of sp³-hybridized carbons (Fsp3) is 0.429. The molecule has 0 atom stereocenters. The molecule has 0 saturated carbocycles. The second-order valence-corrected chi connectivity index (χ2v) is 6.52. The second-order valence-electron chi connectivity index (χ2n) is 4.56. The van der Waals surface area contributed by atoms with Crippen molar-refractivity contribution in [2.75, 3.05) is 13.2 Å². The molecule has 3 nitrogen and oxygen atoms in total. The van der Waals surface area contributed by atoms with Crippen molar-refractivity contribution in [1.82, 2.24) is 5.32 Å². The van der Waals surface area contributed by atoms with E-state index < -0.39 is 5.54 Å². The Hall–Kier alpha value is -0.720. The molecule has 0 aliphatic rings. The first kappa shape index (κ1) is 14.7. The number of hydrogen-bond acceptors (Lipinski definition) is 5. The Morgan fingerprint density at radius 2 is 1.63 bits per heavy atom. The van der Waals surface area contributed by atoms with E-state index in [4.69, 9.17) is 0 Å². The summed E-state index contributed by atoms with van der Waals surface area (Å²) < 4.78 is 0. The van der Waals surface area contributed by atoms with Gasteiger partial charge in [-0.3, -0.25) is 5.32 Å². The van der Waals surface area contributed by atoms with Gasteiger partial charge in [0.15, 0.2) is 0 Å². The van der Waals surface area contributed by atoms with Gasteiger partial charge < -0.3 is 10.2 Å². The largest absolute Gasteiger partial charge is 0.394 e. The Kier molecular flexibility index (Phi) is 5.13. The van der Waals surface area contributed by atoms with Crippen molar-refractivity contribution in [2.45, 2.75) is 24.9 Å². The summed E-state index contributed by atoms with van der Waals surface area (Å²) >= 11 is 3.36. The van der Waals surface area contributed by atoms with Crippen molar-refractivity contribution < 1.29 is 10.2 Å². The van der Waals surface area contributed by atoms with Gasteiger partial charge in [-0.25, -0.2) is 0 Å². The van der Waals surface area contributed by atoms with Gasteiger partial charge in [0.05, 0.1) is 24.8 Å². The van der Waals surface area contributed by atoms with E-state index in [9.17, 15) is 10.2 Å². The molecule has 0 fully saturated rings. The molecule has 3 N–H and O–H groups in total. The van der Waals surface area contributed by atoms with Gasteiger partial charge in [0, 0.05) is 9.75 Å². The first-order chi connectivity index (χ1) is 9.24. The van der Waals surface area contributed by atoms with Crippen LogP contribution in [-0.2, 0) is 0 Å². The van der Waals surface area contributed by atoms with Gasteiger partial charge in [-0.15, -0.1) is 22.7 Å². The fourth-order valence-corrected chi connectivity index (χ4v) is 3.63. The van der Waals surface area contributed by atoms with E-state index in [0.717, 1.165) is 0 Å². The molecule has 2 aromatic heterocycles. The third-order valence-corrected chi connectivity index (χ3v) is 5.26. The topological polar surface area (TPSA) is 52.5 Å². The van der Waals surface area contributed by atoms with Gasteiger partial charge in [-0.2, -0.15) is 0 Å². The van der Waals surface area contributed by atoms with Crippen LogP contribution in [0.5, 0.6) is 0 Å². The van der Waals surface area contributed by atoms with Crippen LogP contribution in [0.1, 0.15) is 29.1 Å². The van der Waals surface area contributed by atoms with E-state index in [0.29, 0.717) is 6.42 Å². The number of nitrogens with one attached hydrogen (secondary N) is 1. The summed E-state index contributed by atoms with van der Waals surface area (Å²) in [7, 11) is 0. The van der Waals surface area contributed by atoms with Crippen LogP contribution in [-0.4, -0.2) is 29.0 Å². The number of thiophene rings is 2. The molecule has 0 aliphatic carbocycles. The van der Waals surface area contributed by atoms with Crippen molar-refractivity contribution in [3.05, 3.63) is 44.8 Å². The summed E-state index contributed by atoms with van der Waals surface area (Å²) in [5, 5.41) is 26.7. The standard InChI is InChI=1S/C14H19NO2S2/c1-2-14(9-16,10-17)15-13(11-5-3-7-18-11)12-6-4-8-19-12/h3-8,13,15-17H,2,9-10H2,1H3. The van der Waals surface area contributed by atoms with Crippen LogP contribution in [0.4, 0.5) is 0 Å². The van der Waals surface area contributed by atoms with Crippen LogP contribution < -0.4 is 5.32 Å². The predicted octanol–water partition coefficient (Wildman–Crippen LogP) is 2.62. The SMILES string of the molecule is CCC(CO)(CO)NC(c1cccs1)c1cccs1. The molecular formula is C14H19NO2S2. The Balaban J connectivity index is 2.29. The average Bonchev–Trinajstić information content (AvgIpc) is 3.14. The van der Waals surface area contributed by atoms with E-state index in [1.54, 1.807) is 22.7 Å². The van der Waals surface area contributed by atoms with Gasteiger partial charge in [0.1, 0.15) is 0 Å². The Morgan fingerprint density at radius 3 is 1.95 bits per heavy atom. The molecule has 0 saturated heterocycles. The molecular weight excluding hydrogens is 278 g/mol. The Morgan fingerprint density at radius 1 is 1.11 bits per heavy atom.